The first-order chi connectivity index (χ1) is 8.59. The lowest BCUT2D eigenvalue weighted by atomic mass is 9.96. The second kappa shape index (κ2) is 4.96. The highest BCUT2D eigenvalue weighted by Crippen LogP contribution is 2.27. The van der Waals surface area contributed by atoms with Crippen molar-refractivity contribution < 1.29 is 10.2 Å². The molecule has 0 fully saturated rings. The number of hydrogen-bond donors (Lipinski definition) is 3. The molecule has 0 radical (unpaired) electrons. The van der Waals surface area contributed by atoms with Crippen molar-refractivity contribution in [3.8, 4) is 11.5 Å². The summed E-state index contributed by atoms with van der Waals surface area (Å²) in [6.45, 7) is 1.89. The highest BCUT2D eigenvalue weighted by molar-refractivity contribution is 5.35. The molecule has 1 aromatic heterocycles. The molecule has 0 spiro atoms. The van der Waals surface area contributed by atoms with E-state index in [1.165, 1.54) is 12.3 Å². The standard InChI is InChI=1S/C14H15NO3/c1-9(8-10-4-2-3-5-11(10)16)13-14(18)12(17)6-7-15-13/h2-7,9,16,18H,8H2,1H3,(H,15,17). The minimum atomic E-state index is -0.395. The van der Waals surface area contributed by atoms with Crippen molar-refractivity contribution in [3.05, 3.63) is 58.0 Å². The van der Waals surface area contributed by atoms with Crippen LogP contribution in [0, 0.1) is 0 Å². The molecule has 2 aromatic rings. The molecule has 1 heterocycles. The van der Waals surface area contributed by atoms with E-state index in [4.69, 9.17) is 0 Å². The highest BCUT2D eigenvalue weighted by Gasteiger charge is 2.15. The van der Waals surface area contributed by atoms with Gasteiger partial charge in [-0.25, -0.2) is 0 Å². The fourth-order valence-electron chi connectivity index (χ4n) is 1.98. The van der Waals surface area contributed by atoms with Gasteiger partial charge in [0.25, 0.3) is 0 Å². The van der Waals surface area contributed by atoms with Crippen molar-refractivity contribution >= 4 is 0 Å². The van der Waals surface area contributed by atoms with Crippen molar-refractivity contribution in [2.24, 2.45) is 0 Å². The normalized spacial score (nSPS) is 12.3. The maximum absolute atomic E-state index is 11.3. The third kappa shape index (κ3) is 2.37. The Labute approximate surface area is 105 Å². The SMILES string of the molecule is CC(Cc1ccccc1O)c1[nH]ccc(=O)c1O. The maximum Gasteiger partial charge on any atom is 0.223 e. The van der Waals surface area contributed by atoms with Crippen LogP contribution >= 0.6 is 0 Å². The lowest BCUT2D eigenvalue weighted by Gasteiger charge is -2.13. The van der Waals surface area contributed by atoms with Crippen LogP contribution in [0.4, 0.5) is 0 Å². The second-order valence-corrected chi connectivity index (χ2v) is 4.34. The van der Waals surface area contributed by atoms with Gasteiger partial charge in [-0.3, -0.25) is 4.79 Å². The molecule has 4 nitrogen and oxygen atoms in total. The van der Waals surface area contributed by atoms with Crippen molar-refractivity contribution in [1.82, 2.24) is 4.98 Å². The van der Waals surface area contributed by atoms with Gasteiger partial charge in [-0.2, -0.15) is 0 Å². The zero-order valence-electron chi connectivity index (χ0n) is 10.1. The van der Waals surface area contributed by atoms with Crippen LogP contribution in [0.3, 0.4) is 0 Å². The van der Waals surface area contributed by atoms with Crippen LogP contribution in [0.25, 0.3) is 0 Å². The van der Waals surface area contributed by atoms with Gasteiger partial charge in [0.15, 0.2) is 5.75 Å². The molecule has 1 unspecified atom stereocenters. The van der Waals surface area contributed by atoms with Crippen LogP contribution < -0.4 is 5.43 Å². The van der Waals surface area contributed by atoms with Crippen molar-refractivity contribution in [3.63, 3.8) is 0 Å². The molecule has 0 aliphatic carbocycles. The van der Waals surface area contributed by atoms with E-state index in [9.17, 15) is 15.0 Å². The number of para-hydroxylation sites is 1. The number of hydrogen-bond acceptors (Lipinski definition) is 3. The Hall–Kier alpha value is -2.23. The van der Waals surface area contributed by atoms with E-state index in [1.807, 2.05) is 19.1 Å². The van der Waals surface area contributed by atoms with E-state index < -0.39 is 5.43 Å². The molecular formula is C14H15NO3. The molecule has 1 aromatic carbocycles. The Morgan fingerprint density at radius 2 is 1.94 bits per heavy atom. The van der Waals surface area contributed by atoms with E-state index in [1.54, 1.807) is 12.1 Å². The van der Waals surface area contributed by atoms with E-state index in [2.05, 4.69) is 4.98 Å². The number of nitrogens with one attached hydrogen (secondary N) is 1. The molecule has 18 heavy (non-hydrogen) atoms. The average Bonchev–Trinajstić information content (AvgIpc) is 2.35. The van der Waals surface area contributed by atoms with Gasteiger partial charge in [-0.15, -0.1) is 0 Å². The number of rotatable bonds is 3. The molecule has 0 amide bonds. The van der Waals surface area contributed by atoms with Crippen LogP contribution in [0.5, 0.6) is 11.5 Å². The Morgan fingerprint density at radius 3 is 2.67 bits per heavy atom. The zero-order valence-corrected chi connectivity index (χ0v) is 10.1. The van der Waals surface area contributed by atoms with Gasteiger partial charge in [0.2, 0.25) is 5.43 Å². The van der Waals surface area contributed by atoms with Gasteiger partial charge in [-0.05, 0) is 18.1 Å². The number of phenolic OH excluding ortho intramolecular Hbond substituents is 1. The van der Waals surface area contributed by atoms with Crippen LogP contribution in [0.2, 0.25) is 0 Å². The lowest BCUT2D eigenvalue weighted by molar-refractivity contribution is 0.447. The number of phenols is 1. The number of pyridine rings is 1. The fraction of sp³-hybridized carbons (Fsp3) is 0.214. The van der Waals surface area contributed by atoms with Crippen LogP contribution in [0.1, 0.15) is 24.1 Å². The highest BCUT2D eigenvalue weighted by atomic mass is 16.3. The molecule has 0 aliphatic heterocycles. The minimum Gasteiger partial charge on any atom is -0.508 e. The van der Waals surface area contributed by atoms with Gasteiger partial charge in [0.05, 0.1) is 5.69 Å². The maximum atomic E-state index is 11.3. The summed E-state index contributed by atoms with van der Waals surface area (Å²) >= 11 is 0. The zero-order chi connectivity index (χ0) is 13.1. The van der Waals surface area contributed by atoms with E-state index >= 15 is 0 Å². The topological polar surface area (TPSA) is 73.3 Å². The number of aromatic amines is 1. The minimum absolute atomic E-state index is 0.0906. The molecule has 94 valence electrons. The Bertz CT molecular complexity index is 604. The van der Waals surface area contributed by atoms with Crippen molar-refractivity contribution in [2.75, 3.05) is 0 Å². The Balaban J connectivity index is 2.28. The summed E-state index contributed by atoms with van der Waals surface area (Å²) in [7, 11) is 0. The second-order valence-electron chi connectivity index (χ2n) is 4.34. The summed E-state index contributed by atoms with van der Waals surface area (Å²) in [5.41, 5.74) is 0.882. The predicted octanol–water partition coefficient (Wildman–Crippen LogP) is 2.13. The van der Waals surface area contributed by atoms with Crippen LogP contribution in [0.15, 0.2) is 41.3 Å². The summed E-state index contributed by atoms with van der Waals surface area (Å²) in [4.78, 5) is 14.2. The molecule has 4 heteroatoms. The van der Waals surface area contributed by atoms with Crippen LogP contribution in [-0.2, 0) is 6.42 Å². The van der Waals surface area contributed by atoms with E-state index in [0.29, 0.717) is 12.1 Å². The summed E-state index contributed by atoms with van der Waals surface area (Å²) in [5, 5.41) is 19.4. The van der Waals surface area contributed by atoms with Gasteiger partial charge in [-0.1, -0.05) is 25.1 Å². The van der Waals surface area contributed by atoms with Gasteiger partial charge >= 0.3 is 0 Å². The van der Waals surface area contributed by atoms with Gasteiger partial charge in [0.1, 0.15) is 5.75 Å². The molecule has 0 bridgehead atoms. The number of aromatic nitrogens is 1. The average molecular weight is 245 g/mol. The van der Waals surface area contributed by atoms with Crippen molar-refractivity contribution in [2.45, 2.75) is 19.3 Å². The quantitative estimate of drug-likeness (QED) is 0.775. The molecule has 1 atom stereocenters. The molecular weight excluding hydrogens is 230 g/mol. The van der Waals surface area contributed by atoms with E-state index in [0.717, 1.165) is 5.56 Å². The fourth-order valence-corrected chi connectivity index (χ4v) is 1.98. The first-order valence-electron chi connectivity index (χ1n) is 5.77. The van der Waals surface area contributed by atoms with Crippen LogP contribution in [-0.4, -0.2) is 15.2 Å². The largest absolute Gasteiger partial charge is 0.508 e. The Morgan fingerprint density at radius 1 is 1.22 bits per heavy atom. The summed E-state index contributed by atoms with van der Waals surface area (Å²) in [6.07, 6.45) is 2.05. The summed E-state index contributed by atoms with van der Waals surface area (Å²) < 4.78 is 0. The Kier molecular flexibility index (Phi) is 3.37. The molecule has 3 N–H and O–H groups in total. The lowest BCUT2D eigenvalue weighted by Crippen LogP contribution is -2.08. The molecule has 2 rings (SSSR count). The molecule has 0 saturated carbocycles. The first kappa shape index (κ1) is 12.2. The molecule has 0 aliphatic rings. The van der Waals surface area contributed by atoms with E-state index in [-0.39, 0.29) is 17.4 Å². The van der Waals surface area contributed by atoms with Gasteiger partial charge in [0, 0.05) is 18.2 Å². The summed E-state index contributed by atoms with van der Waals surface area (Å²) in [5.74, 6) is -0.116. The predicted molar refractivity (Wildman–Crippen MR) is 69.0 cm³/mol. The molecule has 0 saturated heterocycles. The summed E-state index contributed by atoms with van der Waals surface area (Å²) in [6, 6.07) is 8.33. The van der Waals surface area contributed by atoms with Crippen molar-refractivity contribution in [1.29, 1.82) is 0 Å². The number of aromatic hydroxyl groups is 2. The monoisotopic (exact) mass is 245 g/mol. The first-order valence-corrected chi connectivity index (χ1v) is 5.77. The number of H-pyrrole nitrogens is 1. The van der Waals surface area contributed by atoms with Gasteiger partial charge < -0.3 is 15.2 Å². The third-order valence-electron chi connectivity index (χ3n) is 2.97. The smallest absolute Gasteiger partial charge is 0.223 e. The number of benzene rings is 1. The third-order valence-corrected chi connectivity index (χ3v) is 2.97.